The van der Waals surface area contributed by atoms with Crippen LogP contribution < -0.4 is 14.2 Å². The first-order valence-electron chi connectivity index (χ1n) is 7.20. The lowest BCUT2D eigenvalue weighted by Gasteiger charge is -2.18. The summed E-state index contributed by atoms with van der Waals surface area (Å²) in [6.07, 6.45) is 1.74. The lowest BCUT2D eigenvalue weighted by atomic mass is 10.1. The topological polar surface area (TPSA) is 60.9 Å². The molecular formula is C17H18N2O4. The third kappa shape index (κ3) is 2.67. The van der Waals surface area contributed by atoms with Crippen LogP contribution >= 0.6 is 0 Å². The maximum atomic E-state index is 12.8. The SMILES string of the molecule is COc1cc(C(=O)N2Cc3cccnc3C2)cc(OC)c1OC. The minimum Gasteiger partial charge on any atom is -0.493 e. The van der Waals surface area contributed by atoms with E-state index in [1.165, 1.54) is 21.3 Å². The highest BCUT2D eigenvalue weighted by Gasteiger charge is 2.26. The van der Waals surface area contributed by atoms with Crippen LogP contribution in [0.25, 0.3) is 0 Å². The summed E-state index contributed by atoms with van der Waals surface area (Å²) in [4.78, 5) is 18.9. The third-order valence-corrected chi connectivity index (χ3v) is 3.89. The van der Waals surface area contributed by atoms with Gasteiger partial charge < -0.3 is 19.1 Å². The first-order chi connectivity index (χ1) is 11.2. The average molecular weight is 314 g/mol. The molecule has 0 saturated carbocycles. The maximum absolute atomic E-state index is 12.8. The van der Waals surface area contributed by atoms with Gasteiger partial charge in [-0.1, -0.05) is 6.07 Å². The van der Waals surface area contributed by atoms with Gasteiger partial charge in [-0.25, -0.2) is 0 Å². The summed E-state index contributed by atoms with van der Waals surface area (Å²) in [5.41, 5.74) is 2.51. The molecule has 0 aliphatic carbocycles. The standard InChI is InChI=1S/C17H18N2O4/c1-21-14-7-12(8-15(22-2)16(14)23-3)17(20)19-9-11-5-4-6-18-13(11)10-19/h4-8H,9-10H2,1-3H3. The summed E-state index contributed by atoms with van der Waals surface area (Å²) < 4.78 is 15.9. The van der Waals surface area contributed by atoms with Gasteiger partial charge in [-0.05, 0) is 23.8 Å². The molecule has 0 fully saturated rings. The molecule has 2 aromatic rings. The van der Waals surface area contributed by atoms with Crippen molar-refractivity contribution >= 4 is 5.91 Å². The van der Waals surface area contributed by atoms with Gasteiger partial charge in [-0.15, -0.1) is 0 Å². The summed E-state index contributed by atoms with van der Waals surface area (Å²) >= 11 is 0. The van der Waals surface area contributed by atoms with Crippen LogP contribution in [0.3, 0.4) is 0 Å². The molecule has 1 aliphatic rings. The predicted molar refractivity (Wildman–Crippen MR) is 83.9 cm³/mol. The van der Waals surface area contributed by atoms with E-state index in [1.54, 1.807) is 23.2 Å². The number of fused-ring (bicyclic) bond motifs is 1. The van der Waals surface area contributed by atoms with Crippen LogP contribution in [0.4, 0.5) is 0 Å². The molecule has 1 amide bonds. The second kappa shape index (κ2) is 6.16. The Labute approximate surface area is 134 Å². The Bertz CT molecular complexity index is 695. The quantitative estimate of drug-likeness (QED) is 0.866. The van der Waals surface area contributed by atoms with E-state index in [9.17, 15) is 4.79 Å². The third-order valence-electron chi connectivity index (χ3n) is 3.89. The van der Waals surface area contributed by atoms with Crippen LogP contribution in [0, 0.1) is 0 Å². The highest BCUT2D eigenvalue weighted by molar-refractivity contribution is 5.96. The second-order valence-corrected chi connectivity index (χ2v) is 5.18. The summed E-state index contributed by atoms with van der Waals surface area (Å²) in [5, 5.41) is 0. The largest absolute Gasteiger partial charge is 0.493 e. The number of rotatable bonds is 4. The Kier molecular flexibility index (Phi) is 4.06. The molecule has 0 N–H and O–H groups in total. The van der Waals surface area contributed by atoms with Crippen molar-refractivity contribution in [2.75, 3.05) is 21.3 Å². The summed E-state index contributed by atoms with van der Waals surface area (Å²) in [5.74, 6) is 1.30. The zero-order valence-electron chi connectivity index (χ0n) is 13.3. The van der Waals surface area contributed by atoms with Gasteiger partial charge in [0.15, 0.2) is 11.5 Å². The number of carbonyl (C=O) groups excluding carboxylic acids is 1. The van der Waals surface area contributed by atoms with E-state index in [0.717, 1.165) is 11.3 Å². The number of ether oxygens (including phenoxy) is 3. The summed E-state index contributed by atoms with van der Waals surface area (Å²) in [6.45, 7) is 1.06. The van der Waals surface area contributed by atoms with Gasteiger partial charge in [0.05, 0.1) is 33.6 Å². The van der Waals surface area contributed by atoms with Gasteiger partial charge in [-0.3, -0.25) is 9.78 Å². The van der Waals surface area contributed by atoms with E-state index < -0.39 is 0 Å². The van der Waals surface area contributed by atoms with Crippen molar-refractivity contribution in [3.05, 3.63) is 47.3 Å². The highest BCUT2D eigenvalue weighted by atomic mass is 16.5. The fourth-order valence-corrected chi connectivity index (χ4v) is 2.73. The predicted octanol–water partition coefficient (Wildman–Crippen LogP) is 2.26. The zero-order valence-corrected chi connectivity index (χ0v) is 13.3. The Morgan fingerprint density at radius 1 is 1.09 bits per heavy atom. The van der Waals surface area contributed by atoms with Crippen molar-refractivity contribution in [3.63, 3.8) is 0 Å². The van der Waals surface area contributed by atoms with E-state index in [1.807, 2.05) is 12.1 Å². The molecule has 0 atom stereocenters. The molecule has 1 aromatic heterocycles. The number of carbonyl (C=O) groups is 1. The van der Waals surface area contributed by atoms with Crippen molar-refractivity contribution < 1.29 is 19.0 Å². The summed E-state index contributed by atoms with van der Waals surface area (Å²) in [6, 6.07) is 7.21. The van der Waals surface area contributed by atoms with Crippen molar-refractivity contribution in [2.24, 2.45) is 0 Å². The number of aromatic nitrogens is 1. The van der Waals surface area contributed by atoms with E-state index in [2.05, 4.69) is 4.98 Å². The van der Waals surface area contributed by atoms with Crippen molar-refractivity contribution in [2.45, 2.75) is 13.1 Å². The Balaban J connectivity index is 1.92. The van der Waals surface area contributed by atoms with Gasteiger partial charge >= 0.3 is 0 Å². The Hall–Kier alpha value is -2.76. The van der Waals surface area contributed by atoms with Crippen LogP contribution in [0.5, 0.6) is 17.2 Å². The number of hydrogen-bond donors (Lipinski definition) is 0. The Morgan fingerprint density at radius 3 is 2.35 bits per heavy atom. The van der Waals surface area contributed by atoms with E-state index >= 15 is 0 Å². The van der Waals surface area contributed by atoms with Crippen molar-refractivity contribution in [3.8, 4) is 17.2 Å². The molecule has 120 valence electrons. The number of methoxy groups -OCH3 is 3. The fraction of sp³-hybridized carbons (Fsp3) is 0.294. The number of nitrogens with zero attached hydrogens (tertiary/aromatic N) is 2. The number of amides is 1. The lowest BCUT2D eigenvalue weighted by Crippen LogP contribution is -2.25. The zero-order chi connectivity index (χ0) is 16.4. The van der Waals surface area contributed by atoms with Gasteiger partial charge in [0, 0.05) is 18.3 Å². The molecule has 1 aromatic carbocycles. The van der Waals surface area contributed by atoms with Crippen LogP contribution in [0.15, 0.2) is 30.5 Å². The highest BCUT2D eigenvalue weighted by Crippen LogP contribution is 2.38. The van der Waals surface area contributed by atoms with Gasteiger partial charge in [0.2, 0.25) is 5.75 Å². The molecule has 0 bridgehead atoms. The maximum Gasteiger partial charge on any atom is 0.254 e. The number of hydrogen-bond acceptors (Lipinski definition) is 5. The Morgan fingerprint density at radius 2 is 1.78 bits per heavy atom. The van der Waals surface area contributed by atoms with Crippen LogP contribution in [0.1, 0.15) is 21.6 Å². The molecule has 6 nitrogen and oxygen atoms in total. The van der Waals surface area contributed by atoms with Gasteiger partial charge in [-0.2, -0.15) is 0 Å². The molecule has 23 heavy (non-hydrogen) atoms. The molecule has 0 radical (unpaired) electrons. The number of pyridine rings is 1. The lowest BCUT2D eigenvalue weighted by molar-refractivity contribution is 0.0749. The molecule has 6 heteroatoms. The molecule has 0 unspecified atom stereocenters. The monoisotopic (exact) mass is 314 g/mol. The molecule has 3 rings (SSSR count). The van der Waals surface area contributed by atoms with E-state index in [-0.39, 0.29) is 5.91 Å². The number of benzene rings is 1. The molecular weight excluding hydrogens is 296 g/mol. The van der Waals surface area contributed by atoms with Gasteiger partial charge in [0.1, 0.15) is 0 Å². The second-order valence-electron chi connectivity index (χ2n) is 5.18. The minimum atomic E-state index is -0.0951. The van der Waals surface area contributed by atoms with E-state index in [4.69, 9.17) is 14.2 Å². The van der Waals surface area contributed by atoms with Crippen LogP contribution in [0.2, 0.25) is 0 Å². The minimum absolute atomic E-state index is 0.0951. The first-order valence-corrected chi connectivity index (χ1v) is 7.20. The fourth-order valence-electron chi connectivity index (χ4n) is 2.73. The van der Waals surface area contributed by atoms with Crippen molar-refractivity contribution in [1.29, 1.82) is 0 Å². The molecule has 0 saturated heterocycles. The van der Waals surface area contributed by atoms with Crippen molar-refractivity contribution in [1.82, 2.24) is 9.88 Å². The van der Waals surface area contributed by atoms with Crippen LogP contribution in [-0.4, -0.2) is 37.1 Å². The average Bonchev–Trinajstić information content (AvgIpc) is 3.03. The molecule has 2 heterocycles. The molecule has 1 aliphatic heterocycles. The van der Waals surface area contributed by atoms with E-state index in [0.29, 0.717) is 35.9 Å². The van der Waals surface area contributed by atoms with Gasteiger partial charge in [0.25, 0.3) is 5.91 Å². The summed E-state index contributed by atoms with van der Waals surface area (Å²) in [7, 11) is 4.59. The normalized spacial score (nSPS) is 12.7. The molecule has 0 spiro atoms. The first kappa shape index (κ1) is 15.1. The smallest absolute Gasteiger partial charge is 0.254 e. The van der Waals surface area contributed by atoms with Crippen LogP contribution in [-0.2, 0) is 13.1 Å².